The summed E-state index contributed by atoms with van der Waals surface area (Å²) in [4.78, 5) is 18.4. The van der Waals surface area contributed by atoms with E-state index >= 15 is 0 Å². The molecule has 0 saturated carbocycles. The molecule has 0 aromatic heterocycles. The van der Waals surface area contributed by atoms with E-state index in [9.17, 15) is 4.79 Å². The quantitative estimate of drug-likeness (QED) is 0.563. The molecule has 1 atom stereocenters. The van der Waals surface area contributed by atoms with Crippen LogP contribution in [0.3, 0.4) is 0 Å². The average Bonchev–Trinajstić information content (AvgIpc) is 2.62. The molecule has 140 valence electrons. The van der Waals surface area contributed by atoms with Gasteiger partial charge in [0.15, 0.2) is 0 Å². The van der Waals surface area contributed by atoms with Crippen LogP contribution in [0, 0.1) is 0 Å². The Morgan fingerprint density at radius 3 is 2.48 bits per heavy atom. The lowest BCUT2D eigenvalue weighted by molar-refractivity contribution is 0.0636. The zero-order chi connectivity index (χ0) is 19.4. The lowest BCUT2D eigenvalue weighted by Gasteiger charge is -2.29. The predicted octanol–water partition coefficient (Wildman–Crippen LogP) is 5.49. The van der Waals surface area contributed by atoms with Gasteiger partial charge in [-0.3, -0.25) is 10.3 Å². The molecule has 0 saturated heterocycles. The number of halogens is 1. The number of nitrogens with zero attached hydrogens (tertiary/aromatic N) is 2. The van der Waals surface area contributed by atoms with E-state index in [2.05, 4.69) is 10.3 Å². The summed E-state index contributed by atoms with van der Waals surface area (Å²) in [6, 6.07) is 17.3. The zero-order valence-corrected chi connectivity index (χ0v) is 16.3. The highest BCUT2D eigenvalue weighted by Crippen LogP contribution is 2.32. The normalized spacial score (nSPS) is 16.7. The molecule has 0 radical (unpaired) electrons. The highest BCUT2D eigenvalue weighted by atomic mass is 35.5. The van der Waals surface area contributed by atoms with Gasteiger partial charge in [-0.05, 0) is 38.5 Å². The van der Waals surface area contributed by atoms with Crippen molar-refractivity contribution in [2.45, 2.75) is 32.0 Å². The third-order valence-electron chi connectivity index (χ3n) is 3.77. The van der Waals surface area contributed by atoms with E-state index in [-0.39, 0.29) is 0 Å². The number of anilines is 2. The van der Waals surface area contributed by atoms with Crippen molar-refractivity contribution >= 4 is 40.9 Å². The minimum atomic E-state index is -0.612. The van der Waals surface area contributed by atoms with Gasteiger partial charge >= 0.3 is 6.09 Å². The van der Waals surface area contributed by atoms with Gasteiger partial charge in [0.1, 0.15) is 5.60 Å². The molecule has 0 aliphatic carbocycles. The Balaban J connectivity index is 1.90. The molecular weight excluding hydrogens is 362 g/mol. The van der Waals surface area contributed by atoms with Crippen LogP contribution in [0.2, 0.25) is 0 Å². The monoisotopic (exact) mass is 383 g/mol. The summed E-state index contributed by atoms with van der Waals surface area (Å²) in [6.45, 7) is 5.46. The Labute approximate surface area is 164 Å². The van der Waals surface area contributed by atoms with Crippen LogP contribution in [-0.2, 0) is 4.74 Å². The van der Waals surface area contributed by atoms with Crippen LogP contribution < -0.4 is 10.2 Å². The number of carbonyl (C=O) groups excluding carboxylic acids is 1. The van der Waals surface area contributed by atoms with Crippen LogP contribution in [0.15, 0.2) is 65.8 Å². The van der Waals surface area contributed by atoms with Crippen LogP contribution in [0.4, 0.5) is 16.2 Å². The first-order valence-corrected chi connectivity index (χ1v) is 9.09. The van der Waals surface area contributed by atoms with Crippen LogP contribution in [0.1, 0.15) is 26.3 Å². The molecule has 0 spiro atoms. The summed E-state index contributed by atoms with van der Waals surface area (Å²) < 4.78 is 5.35. The summed E-state index contributed by atoms with van der Waals surface area (Å²) >= 11 is 6.42. The van der Waals surface area contributed by atoms with E-state index in [1.165, 1.54) is 0 Å². The summed E-state index contributed by atoms with van der Waals surface area (Å²) in [5, 5.41) is 2.80. The Bertz CT molecular complexity index is 872. The first-order valence-electron chi connectivity index (χ1n) is 8.65. The molecule has 1 aliphatic heterocycles. The molecular formula is C21H22ClN3O2. The largest absolute Gasteiger partial charge is 0.444 e. The smallest absolute Gasteiger partial charge is 0.412 e. The predicted molar refractivity (Wildman–Crippen MR) is 111 cm³/mol. The van der Waals surface area contributed by atoms with Crippen molar-refractivity contribution < 1.29 is 9.53 Å². The van der Waals surface area contributed by atoms with Gasteiger partial charge in [-0.2, -0.15) is 0 Å². The number of nitrogens with one attached hydrogen (secondary N) is 1. The van der Waals surface area contributed by atoms with Gasteiger partial charge in [-0.1, -0.05) is 54.1 Å². The van der Waals surface area contributed by atoms with E-state index in [0.717, 1.165) is 16.8 Å². The summed E-state index contributed by atoms with van der Waals surface area (Å²) in [5.74, 6) is 0. The number of amides is 1. The molecule has 1 aliphatic rings. The maximum Gasteiger partial charge on any atom is 0.412 e. The molecule has 0 fully saturated rings. The van der Waals surface area contributed by atoms with Gasteiger partial charge in [0.25, 0.3) is 0 Å². The van der Waals surface area contributed by atoms with Crippen molar-refractivity contribution in [3.63, 3.8) is 0 Å². The second kappa shape index (κ2) is 7.84. The average molecular weight is 384 g/mol. The molecule has 1 heterocycles. The minimum Gasteiger partial charge on any atom is -0.444 e. The SMILES string of the molecule is CC(C)(C)OC(=O)Nc1ccccc1N1C=C(c2ccccc2)C=NC1Cl. The van der Waals surface area contributed by atoms with Crippen molar-refractivity contribution in [3.05, 3.63) is 66.4 Å². The molecule has 27 heavy (non-hydrogen) atoms. The van der Waals surface area contributed by atoms with E-state index in [1.54, 1.807) is 12.3 Å². The van der Waals surface area contributed by atoms with E-state index in [0.29, 0.717) is 5.69 Å². The number of aliphatic imine (C=N–C) groups is 1. The van der Waals surface area contributed by atoms with E-state index in [1.807, 2.05) is 80.4 Å². The van der Waals surface area contributed by atoms with E-state index in [4.69, 9.17) is 16.3 Å². The number of hydrogen-bond donors (Lipinski definition) is 1. The number of benzene rings is 2. The second-order valence-corrected chi connectivity index (χ2v) is 7.48. The zero-order valence-electron chi connectivity index (χ0n) is 15.5. The summed E-state index contributed by atoms with van der Waals surface area (Å²) in [5.41, 5.74) is 2.10. The number of para-hydroxylation sites is 2. The molecule has 3 rings (SSSR count). The Morgan fingerprint density at radius 2 is 1.78 bits per heavy atom. The molecule has 1 unspecified atom stereocenters. The third-order valence-corrected chi connectivity index (χ3v) is 4.09. The van der Waals surface area contributed by atoms with Crippen LogP contribution in [-0.4, -0.2) is 23.5 Å². The molecule has 2 aromatic carbocycles. The molecule has 1 N–H and O–H groups in total. The molecule has 0 bridgehead atoms. The van der Waals surface area contributed by atoms with Gasteiger partial charge in [-0.25, -0.2) is 4.79 Å². The van der Waals surface area contributed by atoms with E-state index < -0.39 is 17.3 Å². The topological polar surface area (TPSA) is 53.9 Å². The van der Waals surface area contributed by atoms with Crippen molar-refractivity contribution in [2.75, 3.05) is 10.2 Å². The molecule has 2 aromatic rings. The van der Waals surface area contributed by atoms with Gasteiger partial charge in [0, 0.05) is 18.0 Å². The van der Waals surface area contributed by atoms with Crippen molar-refractivity contribution in [3.8, 4) is 0 Å². The molecule has 6 heteroatoms. The Kier molecular flexibility index (Phi) is 5.51. The second-order valence-electron chi connectivity index (χ2n) is 7.09. The van der Waals surface area contributed by atoms with Gasteiger partial charge in [0.2, 0.25) is 5.62 Å². The van der Waals surface area contributed by atoms with Crippen LogP contribution >= 0.6 is 11.6 Å². The first kappa shape index (κ1) is 19.0. The van der Waals surface area contributed by atoms with Crippen molar-refractivity contribution in [2.24, 2.45) is 4.99 Å². The molecule has 1 amide bonds. The van der Waals surface area contributed by atoms with Crippen molar-refractivity contribution in [1.29, 1.82) is 0 Å². The number of carbonyl (C=O) groups is 1. The maximum absolute atomic E-state index is 12.2. The van der Waals surface area contributed by atoms with Crippen LogP contribution in [0.25, 0.3) is 5.57 Å². The summed E-state index contributed by atoms with van der Waals surface area (Å²) in [6.07, 6.45) is 3.16. The van der Waals surface area contributed by atoms with Gasteiger partial charge in [0.05, 0.1) is 11.4 Å². The first-order chi connectivity index (χ1) is 12.8. The fraction of sp³-hybridized carbons (Fsp3) is 0.238. The third kappa shape index (κ3) is 4.89. The number of ether oxygens (including phenoxy) is 1. The fourth-order valence-corrected chi connectivity index (χ4v) is 2.86. The lowest BCUT2D eigenvalue weighted by Crippen LogP contribution is -2.30. The Morgan fingerprint density at radius 1 is 1.11 bits per heavy atom. The van der Waals surface area contributed by atoms with Gasteiger partial charge in [-0.15, -0.1) is 0 Å². The molecule has 5 nitrogen and oxygen atoms in total. The highest BCUT2D eigenvalue weighted by Gasteiger charge is 2.23. The standard InChI is InChI=1S/C21H22ClN3O2/c1-21(2,3)27-20(26)24-17-11-7-8-12-18(17)25-14-16(13-23-19(25)22)15-9-5-4-6-10-15/h4-14,19H,1-3H3,(H,24,26). The van der Waals surface area contributed by atoms with Gasteiger partial charge < -0.3 is 9.64 Å². The highest BCUT2D eigenvalue weighted by molar-refractivity contribution is 6.25. The summed E-state index contributed by atoms with van der Waals surface area (Å²) in [7, 11) is 0. The maximum atomic E-state index is 12.2. The number of alkyl halides is 1. The van der Waals surface area contributed by atoms with Crippen LogP contribution in [0.5, 0.6) is 0 Å². The number of hydrogen-bond acceptors (Lipinski definition) is 4. The Hall–Kier alpha value is -2.79. The minimum absolute atomic E-state index is 0.520. The van der Waals surface area contributed by atoms with Crippen molar-refractivity contribution in [1.82, 2.24) is 0 Å². The number of rotatable bonds is 3. The number of allylic oxidation sites excluding steroid dienone is 1. The lowest BCUT2D eigenvalue weighted by atomic mass is 10.1. The fourth-order valence-electron chi connectivity index (χ4n) is 2.64.